The molecule has 2 aromatic heterocycles. The molecule has 2 rings (SSSR count). The lowest BCUT2D eigenvalue weighted by Crippen LogP contribution is -2.27. The average Bonchev–Trinajstić information content (AvgIpc) is 2.82. The van der Waals surface area contributed by atoms with Crippen molar-refractivity contribution < 1.29 is 14.3 Å². The van der Waals surface area contributed by atoms with Gasteiger partial charge in [0.15, 0.2) is 0 Å². The van der Waals surface area contributed by atoms with E-state index < -0.39 is 11.7 Å². The zero-order valence-corrected chi connectivity index (χ0v) is 14.4. The van der Waals surface area contributed by atoms with Crippen LogP contribution < -0.4 is 10.6 Å². The molecule has 0 bridgehead atoms. The first-order valence-corrected chi connectivity index (χ1v) is 7.42. The zero-order valence-electron chi connectivity index (χ0n) is 14.4. The number of carbonyl (C=O) groups is 2. The summed E-state index contributed by atoms with van der Waals surface area (Å²) in [5.41, 5.74) is 1.09. The molecule has 0 fully saturated rings. The number of pyridine rings is 1. The minimum atomic E-state index is -0.622. The van der Waals surface area contributed by atoms with Gasteiger partial charge in [-0.25, -0.2) is 9.78 Å². The summed E-state index contributed by atoms with van der Waals surface area (Å²) in [6.07, 6.45) is 2.73. The highest BCUT2D eigenvalue weighted by molar-refractivity contribution is 5.94. The normalized spacial score (nSPS) is 11.0. The van der Waals surface area contributed by atoms with E-state index in [1.807, 2.05) is 0 Å². The third kappa shape index (κ3) is 4.80. The van der Waals surface area contributed by atoms with Gasteiger partial charge in [-0.15, -0.1) is 0 Å². The first kappa shape index (κ1) is 17.5. The van der Waals surface area contributed by atoms with Crippen molar-refractivity contribution >= 4 is 23.5 Å². The lowest BCUT2D eigenvalue weighted by molar-refractivity contribution is -0.114. The van der Waals surface area contributed by atoms with Crippen LogP contribution in [-0.2, 0) is 16.6 Å². The molecule has 2 aromatic rings. The second-order valence-corrected chi connectivity index (χ2v) is 6.30. The van der Waals surface area contributed by atoms with Gasteiger partial charge in [0.1, 0.15) is 11.4 Å². The molecule has 2 heterocycles. The molecule has 0 aromatic carbocycles. The van der Waals surface area contributed by atoms with Crippen molar-refractivity contribution in [2.24, 2.45) is 7.05 Å². The van der Waals surface area contributed by atoms with Crippen molar-refractivity contribution in [3.8, 4) is 11.3 Å². The number of carbonyl (C=O) groups excluding carboxylic acids is 2. The molecule has 0 radical (unpaired) electrons. The molecule has 8 heteroatoms. The van der Waals surface area contributed by atoms with Crippen LogP contribution in [0.1, 0.15) is 27.7 Å². The van der Waals surface area contributed by atoms with Gasteiger partial charge in [-0.3, -0.25) is 14.8 Å². The summed E-state index contributed by atoms with van der Waals surface area (Å²) >= 11 is 0. The molecule has 8 nitrogen and oxygen atoms in total. The summed E-state index contributed by atoms with van der Waals surface area (Å²) in [5.74, 6) is 0.0737. The quantitative estimate of drug-likeness (QED) is 0.901. The maximum absolute atomic E-state index is 12.1. The van der Waals surface area contributed by atoms with E-state index in [1.54, 1.807) is 57.0 Å². The first-order chi connectivity index (χ1) is 11.1. The van der Waals surface area contributed by atoms with Crippen molar-refractivity contribution in [2.75, 3.05) is 10.6 Å². The molecular formula is C16H21N5O3. The monoisotopic (exact) mass is 331 g/mol. The largest absolute Gasteiger partial charge is 0.444 e. The van der Waals surface area contributed by atoms with Gasteiger partial charge in [-0.1, -0.05) is 0 Å². The van der Waals surface area contributed by atoms with Crippen LogP contribution in [-0.4, -0.2) is 32.4 Å². The van der Waals surface area contributed by atoms with E-state index in [1.165, 1.54) is 6.92 Å². The van der Waals surface area contributed by atoms with E-state index in [9.17, 15) is 9.59 Å². The van der Waals surface area contributed by atoms with Crippen LogP contribution in [0, 0.1) is 0 Å². The van der Waals surface area contributed by atoms with Crippen LogP contribution in [0.4, 0.5) is 16.3 Å². The minimum Gasteiger partial charge on any atom is -0.444 e. The van der Waals surface area contributed by atoms with E-state index >= 15 is 0 Å². The third-order valence-electron chi connectivity index (χ3n) is 2.83. The Kier molecular flexibility index (Phi) is 4.87. The Morgan fingerprint density at radius 3 is 2.50 bits per heavy atom. The summed E-state index contributed by atoms with van der Waals surface area (Å²) in [5, 5.41) is 9.58. The minimum absolute atomic E-state index is 0.253. The Hall–Kier alpha value is -2.90. The second kappa shape index (κ2) is 6.69. The highest BCUT2D eigenvalue weighted by atomic mass is 16.6. The lowest BCUT2D eigenvalue weighted by atomic mass is 10.1. The standard InChI is InChI=1S/C16H21N5O3/c1-10(22)18-14-8-13(19-15(23)24-16(2,3)4)11(9-17-14)12-6-7-21(5)20-12/h6-9H,1-5H3,(H2,17,18,19,22,23). The van der Waals surface area contributed by atoms with E-state index in [4.69, 9.17) is 4.74 Å². The molecule has 0 aliphatic rings. The van der Waals surface area contributed by atoms with Crippen LogP contribution in [0.5, 0.6) is 0 Å². The molecule has 128 valence electrons. The van der Waals surface area contributed by atoms with Crippen molar-refractivity contribution in [2.45, 2.75) is 33.3 Å². The lowest BCUT2D eigenvalue weighted by Gasteiger charge is -2.20. The fourth-order valence-electron chi connectivity index (χ4n) is 1.98. The predicted octanol–water partition coefficient (Wildman–Crippen LogP) is 2.79. The van der Waals surface area contributed by atoms with Crippen LogP contribution in [0.15, 0.2) is 24.5 Å². The average molecular weight is 331 g/mol. The summed E-state index contributed by atoms with van der Waals surface area (Å²) in [7, 11) is 1.80. The highest BCUT2D eigenvalue weighted by Crippen LogP contribution is 2.28. The molecule has 0 aliphatic carbocycles. The van der Waals surface area contributed by atoms with Crippen LogP contribution in [0.3, 0.4) is 0 Å². The van der Waals surface area contributed by atoms with E-state index in [-0.39, 0.29) is 5.91 Å². The van der Waals surface area contributed by atoms with E-state index in [0.29, 0.717) is 22.8 Å². The number of amides is 2. The number of nitrogens with zero attached hydrogens (tertiary/aromatic N) is 3. The van der Waals surface area contributed by atoms with Crippen molar-refractivity contribution in [1.82, 2.24) is 14.8 Å². The van der Waals surface area contributed by atoms with Crippen LogP contribution >= 0.6 is 0 Å². The summed E-state index contributed by atoms with van der Waals surface area (Å²) in [4.78, 5) is 27.5. The fraction of sp³-hybridized carbons (Fsp3) is 0.375. The molecular weight excluding hydrogens is 310 g/mol. The van der Waals surface area contributed by atoms with Gasteiger partial charge in [-0.2, -0.15) is 5.10 Å². The Balaban J connectivity index is 2.36. The van der Waals surface area contributed by atoms with Crippen LogP contribution in [0.2, 0.25) is 0 Å². The number of hydrogen-bond acceptors (Lipinski definition) is 5. The summed E-state index contributed by atoms with van der Waals surface area (Å²) < 4.78 is 6.92. The molecule has 0 saturated carbocycles. The number of hydrogen-bond donors (Lipinski definition) is 2. The zero-order chi connectivity index (χ0) is 17.9. The molecule has 2 N–H and O–H groups in total. The molecule has 0 saturated heterocycles. The second-order valence-electron chi connectivity index (χ2n) is 6.30. The molecule has 0 atom stereocenters. The van der Waals surface area contributed by atoms with Gasteiger partial charge >= 0.3 is 6.09 Å². The van der Waals surface area contributed by atoms with E-state index in [2.05, 4.69) is 20.7 Å². The first-order valence-electron chi connectivity index (χ1n) is 7.42. The Bertz CT molecular complexity index is 761. The molecule has 0 aliphatic heterocycles. The topological polar surface area (TPSA) is 98.1 Å². The predicted molar refractivity (Wildman–Crippen MR) is 90.6 cm³/mol. The SMILES string of the molecule is CC(=O)Nc1cc(NC(=O)OC(C)(C)C)c(-c2ccn(C)n2)cn1. The molecule has 24 heavy (non-hydrogen) atoms. The molecule has 2 amide bonds. The van der Waals surface area contributed by atoms with Gasteiger partial charge in [-0.05, 0) is 26.8 Å². The van der Waals surface area contributed by atoms with Gasteiger partial charge in [0.2, 0.25) is 5.91 Å². The molecule has 0 unspecified atom stereocenters. The molecule has 0 spiro atoms. The fourth-order valence-corrected chi connectivity index (χ4v) is 1.98. The number of aromatic nitrogens is 3. The van der Waals surface area contributed by atoms with Gasteiger partial charge < -0.3 is 10.1 Å². The Morgan fingerprint density at radius 1 is 1.25 bits per heavy atom. The summed E-state index contributed by atoms with van der Waals surface area (Å²) in [6, 6.07) is 3.37. The van der Waals surface area contributed by atoms with E-state index in [0.717, 1.165) is 0 Å². The number of ether oxygens (including phenoxy) is 1. The van der Waals surface area contributed by atoms with Crippen molar-refractivity contribution in [3.05, 3.63) is 24.5 Å². The van der Waals surface area contributed by atoms with Gasteiger partial charge in [0.25, 0.3) is 0 Å². The maximum Gasteiger partial charge on any atom is 0.412 e. The van der Waals surface area contributed by atoms with Gasteiger partial charge in [0, 0.05) is 38.0 Å². The number of aryl methyl sites for hydroxylation is 1. The van der Waals surface area contributed by atoms with Crippen molar-refractivity contribution in [3.63, 3.8) is 0 Å². The number of rotatable bonds is 3. The Labute approximate surface area is 140 Å². The third-order valence-corrected chi connectivity index (χ3v) is 2.83. The smallest absolute Gasteiger partial charge is 0.412 e. The van der Waals surface area contributed by atoms with Crippen molar-refractivity contribution in [1.29, 1.82) is 0 Å². The number of anilines is 2. The number of nitrogens with one attached hydrogen (secondary N) is 2. The van der Waals surface area contributed by atoms with Crippen LogP contribution in [0.25, 0.3) is 11.3 Å². The summed E-state index contributed by atoms with van der Waals surface area (Å²) in [6.45, 7) is 6.72. The Morgan fingerprint density at radius 2 is 1.96 bits per heavy atom. The maximum atomic E-state index is 12.1. The van der Waals surface area contributed by atoms with Gasteiger partial charge in [0.05, 0.1) is 11.4 Å². The highest BCUT2D eigenvalue weighted by Gasteiger charge is 2.19.